The summed E-state index contributed by atoms with van der Waals surface area (Å²) in [6.45, 7) is 7.56. The molecular formula is C19H26N2O4. The second-order valence-corrected chi connectivity index (χ2v) is 6.97. The lowest BCUT2D eigenvalue weighted by molar-refractivity contribution is 0.0495. The second kappa shape index (κ2) is 8.67. The van der Waals surface area contributed by atoms with Crippen LogP contribution in [-0.4, -0.2) is 37.1 Å². The van der Waals surface area contributed by atoms with E-state index in [1.807, 2.05) is 45.0 Å². The van der Waals surface area contributed by atoms with Gasteiger partial charge in [-0.2, -0.15) is 0 Å². The van der Waals surface area contributed by atoms with Crippen molar-refractivity contribution < 1.29 is 18.7 Å². The largest absolute Gasteiger partial charge is 0.453 e. The third-order valence-corrected chi connectivity index (χ3v) is 3.62. The first-order chi connectivity index (χ1) is 11.9. The third-order valence-electron chi connectivity index (χ3n) is 3.62. The van der Waals surface area contributed by atoms with Crippen LogP contribution in [0.1, 0.15) is 44.2 Å². The number of benzene rings is 1. The molecule has 0 bridgehead atoms. The molecule has 0 spiro atoms. The number of para-hydroxylation sites is 1. The third kappa shape index (κ3) is 6.58. The van der Waals surface area contributed by atoms with E-state index in [1.54, 1.807) is 6.07 Å². The lowest BCUT2D eigenvalue weighted by Gasteiger charge is -2.26. The summed E-state index contributed by atoms with van der Waals surface area (Å²) in [5, 5.41) is 7.09. The maximum Gasteiger partial charge on any atom is 0.407 e. The van der Waals surface area contributed by atoms with Gasteiger partial charge in [0.2, 0.25) is 0 Å². The van der Waals surface area contributed by atoms with Crippen LogP contribution in [0.5, 0.6) is 0 Å². The minimum Gasteiger partial charge on any atom is -0.453 e. The zero-order chi connectivity index (χ0) is 18.3. The molecule has 1 aromatic carbocycles. The number of rotatable bonds is 2. The van der Waals surface area contributed by atoms with Crippen molar-refractivity contribution >= 4 is 23.3 Å². The fourth-order valence-electron chi connectivity index (χ4n) is 2.50. The molecule has 3 rings (SSSR count). The Morgan fingerprint density at radius 2 is 1.96 bits per heavy atom. The summed E-state index contributed by atoms with van der Waals surface area (Å²) in [6.07, 6.45) is 2.38. The molecule has 1 aliphatic heterocycles. The van der Waals surface area contributed by atoms with Gasteiger partial charge in [-0.3, -0.25) is 4.79 Å². The number of furan rings is 1. The van der Waals surface area contributed by atoms with Crippen LogP contribution in [0.15, 0.2) is 34.7 Å². The van der Waals surface area contributed by atoms with E-state index in [9.17, 15) is 9.59 Å². The summed E-state index contributed by atoms with van der Waals surface area (Å²) >= 11 is 0. The van der Waals surface area contributed by atoms with E-state index in [-0.39, 0.29) is 12.1 Å². The van der Waals surface area contributed by atoms with Gasteiger partial charge in [0.05, 0.1) is 0 Å². The van der Waals surface area contributed by atoms with Crippen molar-refractivity contribution in [3.05, 3.63) is 36.1 Å². The van der Waals surface area contributed by atoms with E-state index < -0.39 is 5.60 Å². The van der Waals surface area contributed by atoms with E-state index in [0.29, 0.717) is 12.0 Å². The lowest BCUT2D eigenvalue weighted by Crippen LogP contribution is -2.44. The maximum absolute atomic E-state index is 11.4. The topological polar surface area (TPSA) is 80.6 Å². The molecule has 0 aliphatic carbocycles. The Hall–Kier alpha value is -2.34. The zero-order valence-electron chi connectivity index (χ0n) is 15.0. The number of carbonyl (C=O) groups is 2. The Kier molecular flexibility index (Phi) is 6.58. The van der Waals surface area contributed by atoms with Gasteiger partial charge in [0.25, 0.3) is 0 Å². The summed E-state index contributed by atoms with van der Waals surface area (Å²) in [7, 11) is 0. The summed E-state index contributed by atoms with van der Waals surface area (Å²) in [6, 6.07) is 9.52. The first kappa shape index (κ1) is 19.0. The molecule has 1 saturated heterocycles. The van der Waals surface area contributed by atoms with Crippen molar-refractivity contribution in [2.75, 3.05) is 13.1 Å². The summed E-state index contributed by atoms with van der Waals surface area (Å²) in [5.74, 6) is 0.381. The normalized spacial score (nSPS) is 15.2. The molecule has 2 heterocycles. The number of hydrogen-bond donors (Lipinski definition) is 2. The van der Waals surface area contributed by atoms with Gasteiger partial charge in [0.15, 0.2) is 12.0 Å². The van der Waals surface area contributed by atoms with Crippen molar-refractivity contribution in [2.45, 2.75) is 45.3 Å². The average Bonchev–Trinajstić information content (AvgIpc) is 2.98. The van der Waals surface area contributed by atoms with Gasteiger partial charge in [0, 0.05) is 11.4 Å². The number of amides is 1. The van der Waals surface area contributed by atoms with Crippen molar-refractivity contribution in [2.24, 2.45) is 0 Å². The molecule has 2 N–H and O–H groups in total. The second-order valence-electron chi connectivity index (χ2n) is 6.97. The summed E-state index contributed by atoms with van der Waals surface area (Å²) in [5.41, 5.74) is 0.353. The van der Waals surface area contributed by atoms with Crippen LogP contribution in [0.2, 0.25) is 0 Å². The number of ether oxygens (including phenoxy) is 1. The molecule has 6 heteroatoms. The van der Waals surface area contributed by atoms with Gasteiger partial charge in [-0.25, -0.2) is 4.79 Å². The standard InChI is InChI=1S/C10H20N2O2.C9H6O2/c1-10(2,3)14-9(13)12-8-4-6-11-7-5-8;10-6-8-5-7-3-1-2-4-9(7)11-8/h8,11H,4-7H2,1-3H3,(H,12,13);1-6H. The van der Waals surface area contributed by atoms with Crippen LogP contribution < -0.4 is 10.6 Å². The van der Waals surface area contributed by atoms with Gasteiger partial charge < -0.3 is 19.8 Å². The molecule has 1 aromatic heterocycles. The summed E-state index contributed by atoms with van der Waals surface area (Å²) in [4.78, 5) is 21.7. The minimum atomic E-state index is -0.406. The highest BCUT2D eigenvalue weighted by atomic mass is 16.6. The molecule has 0 saturated carbocycles. The predicted molar refractivity (Wildman–Crippen MR) is 96.9 cm³/mol. The van der Waals surface area contributed by atoms with Crippen LogP contribution in [0.25, 0.3) is 11.0 Å². The van der Waals surface area contributed by atoms with Crippen LogP contribution in [0.3, 0.4) is 0 Å². The highest BCUT2D eigenvalue weighted by molar-refractivity contribution is 5.84. The van der Waals surface area contributed by atoms with Crippen molar-refractivity contribution in [3.8, 4) is 0 Å². The quantitative estimate of drug-likeness (QED) is 0.814. The van der Waals surface area contributed by atoms with E-state index >= 15 is 0 Å². The number of aldehydes is 1. The maximum atomic E-state index is 11.4. The monoisotopic (exact) mass is 346 g/mol. The smallest absolute Gasteiger partial charge is 0.407 e. The lowest BCUT2D eigenvalue weighted by atomic mass is 10.1. The summed E-state index contributed by atoms with van der Waals surface area (Å²) < 4.78 is 10.3. The van der Waals surface area contributed by atoms with E-state index in [1.165, 1.54) is 0 Å². The molecule has 2 aromatic rings. The van der Waals surface area contributed by atoms with Crippen molar-refractivity contribution in [3.63, 3.8) is 0 Å². The Morgan fingerprint density at radius 1 is 1.28 bits per heavy atom. The number of fused-ring (bicyclic) bond motifs is 1. The fraction of sp³-hybridized carbons (Fsp3) is 0.474. The predicted octanol–water partition coefficient (Wildman–Crippen LogP) is 3.51. The van der Waals surface area contributed by atoms with Gasteiger partial charge in [-0.15, -0.1) is 0 Å². The van der Waals surface area contributed by atoms with Gasteiger partial charge >= 0.3 is 6.09 Å². The average molecular weight is 346 g/mol. The molecule has 25 heavy (non-hydrogen) atoms. The number of alkyl carbamates (subject to hydrolysis) is 1. The van der Waals surface area contributed by atoms with Crippen LogP contribution in [0.4, 0.5) is 4.79 Å². The van der Waals surface area contributed by atoms with Crippen LogP contribution >= 0.6 is 0 Å². The molecular weight excluding hydrogens is 320 g/mol. The van der Waals surface area contributed by atoms with Crippen LogP contribution in [-0.2, 0) is 4.74 Å². The minimum absolute atomic E-state index is 0.270. The molecule has 0 unspecified atom stereocenters. The molecule has 1 aliphatic rings. The molecule has 6 nitrogen and oxygen atoms in total. The van der Waals surface area contributed by atoms with E-state index in [2.05, 4.69) is 10.6 Å². The molecule has 136 valence electrons. The Labute approximate surface area is 147 Å². The van der Waals surface area contributed by atoms with E-state index in [0.717, 1.165) is 36.9 Å². The first-order valence-electron chi connectivity index (χ1n) is 8.51. The number of nitrogens with one attached hydrogen (secondary N) is 2. The zero-order valence-corrected chi connectivity index (χ0v) is 15.0. The van der Waals surface area contributed by atoms with Crippen LogP contribution in [0, 0.1) is 0 Å². The van der Waals surface area contributed by atoms with Gasteiger partial charge in [-0.05, 0) is 58.8 Å². The van der Waals surface area contributed by atoms with E-state index in [4.69, 9.17) is 9.15 Å². The van der Waals surface area contributed by atoms with Gasteiger partial charge in [0.1, 0.15) is 11.2 Å². The molecule has 1 amide bonds. The molecule has 1 fully saturated rings. The van der Waals surface area contributed by atoms with Crippen molar-refractivity contribution in [1.82, 2.24) is 10.6 Å². The highest BCUT2D eigenvalue weighted by Crippen LogP contribution is 2.16. The first-order valence-corrected chi connectivity index (χ1v) is 8.51. The number of piperidine rings is 1. The molecule has 0 atom stereocenters. The van der Waals surface area contributed by atoms with Gasteiger partial charge in [-0.1, -0.05) is 18.2 Å². The van der Waals surface area contributed by atoms with Crippen molar-refractivity contribution in [1.29, 1.82) is 0 Å². The Balaban J connectivity index is 0.000000185. The number of hydrogen-bond acceptors (Lipinski definition) is 5. The fourth-order valence-corrected chi connectivity index (χ4v) is 2.50. The SMILES string of the molecule is CC(C)(C)OC(=O)NC1CCNCC1.O=Cc1cc2ccccc2o1. The number of carbonyl (C=O) groups excluding carboxylic acids is 2. The molecule has 0 radical (unpaired) electrons. The Morgan fingerprint density at radius 3 is 2.56 bits per heavy atom. The highest BCUT2D eigenvalue weighted by Gasteiger charge is 2.20. The Bertz CT molecular complexity index is 664.